The van der Waals surface area contributed by atoms with E-state index in [1.54, 1.807) is 24.3 Å². The van der Waals surface area contributed by atoms with Crippen LogP contribution in [0.4, 0.5) is 0 Å². The molecule has 1 rings (SSSR count). The predicted molar refractivity (Wildman–Crippen MR) is 70.9 cm³/mol. The lowest BCUT2D eigenvalue weighted by Gasteiger charge is -2.16. The lowest BCUT2D eigenvalue weighted by molar-refractivity contribution is -0.149. The summed E-state index contributed by atoms with van der Waals surface area (Å²) in [5.41, 5.74) is 5.55. The molecule has 1 aromatic rings. The molecule has 0 aliphatic heterocycles. The molecule has 104 valence electrons. The highest BCUT2D eigenvalue weighted by Gasteiger charge is 2.20. The molecule has 0 spiro atoms. The van der Waals surface area contributed by atoms with E-state index in [1.807, 2.05) is 6.92 Å². The van der Waals surface area contributed by atoms with Gasteiger partial charge in [0.25, 0.3) is 0 Å². The van der Waals surface area contributed by atoms with Crippen molar-refractivity contribution < 1.29 is 19.1 Å². The van der Waals surface area contributed by atoms with Crippen molar-refractivity contribution in [3.05, 3.63) is 29.8 Å². The molecule has 19 heavy (non-hydrogen) atoms. The molecular formula is C14H19NO4. The summed E-state index contributed by atoms with van der Waals surface area (Å²) in [4.78, 5) is 22.5. The summed E-state index contributed by atoms with van der Waals surface area (Å²) in [5.74, 6) is -0.383. The molecule has 0 bridgehead atoms. The van der Waals surface area contributed by atoms with E-state index in [4.69, 9.17) is 15.2 Å². The van der Waals surface area contributed by atoms with Crippen molar-refractivity contribution in [1.29, 1.82) is 0 Å². The number of nitrogens with two attached hydrogens (primary N) is 1. The van der Waals surface area contributed by atoms with Crippen molar-refractivity contribution in [3.63, 3.8) is 0 Å². The number of carbonyl (C=O) groups is 2. The Morgan fingerprint density at radius 2 is 1.89 bits per heavy atom. The highest BCUT2D eigenvalue weighted by atomic mass is 16.6. The fraction of sp³-hybridized carbons (Fsp3) is 0.429. The summed E-state index contributed by atoms with van der Waals surface area (Å²) in [6, 6.07) is 6.35. The van der Waals surface area contributed by atoms with Crippen LogP contribution in [-0.4, -0.2) is 25.1 Å². The average molecular weight is 265 g/mol. The second-order valence-electron chi connectivity index (χ2n) is 4.16. The minimum atomic E-state index is -0.621. The maximum atomic E-state index is 11.6. The zero-order valence-electron chi connectivity index (χ0n) is 11.2. The van der Waals surface area contributed by atoms with Gasteiger partial charge in [-0.1, -0.05) is 13.3 Å². The van der Waals surface area contributed by atoms with Crippen LogP contribution >= 0.6 is 0 Å². The highest BCUT2D eigenvalue weighted by Crippen LogP contribution is 2.16. The van der Waals surface area contributed by atoms with E-state index < -0.39 is 18.0 Å². The van der Waals surface area contributed by atoms with Crippen LogP contribution in [0.15, 0.2) is 24.3 Å². The summed E-state index contributed by atoms with van der Waals surface area (Å²) >= 11 is 0. The van der Waals surface area contributed by atoms with Crippen LogP contribution < -0.4 is 10.5 Å². The third kappa shape index (κ3) is 4.62. The molecule has 0 aliphatic carbocycles. The molecular weight excluding hydrogens is 246 g/mol. The van der Waals surface area contributed by atoms with Crippen LogP contribution in [0.1, 0.15) is 36.5 Å². The van der Waals surface area contributed by atoms with Crippen LogP contribution in [0.5, 0.6) is 5.75 Å². The van der Waals surface area contributed by atoms with Gasteiger partial charge in [-0.25, -0.2) is 4.79 Å². The van der Waals surface area contributed by atoms with E-state index in [9.17, 15) is 9.59 Å². The smallest absolute Gasteiger partial charge is 0.347 e. The fourth-order valence-electron chi connectivity index (χ4n) is 1.61. The van der Waals surface area contributed by atoms with Crippen molar-refractivity contribution in [2.75, 3.05) is 7.11 Å². The van der Waals surface area contributed by atoms with Crippen LogP contribution in [0.3, 0.4) is 0 Å². The standard InChI is InChI=1S/C14H19NO4/c1-3-4-5-12(14(17)18-2)19-11-8-6-10(7-9-11)13(15)16/h6-9,12H,3-5H2,1-2H3,(H2,15,16). The third-order valence-electron chi connectivity index (χ3n) is 2.70. The van der Waals surface area contributed by atoms with Gasteiger partial charge >= 0.3 is 5.97 Å². The molecule has 0 heterocycles. The Kier molecular flexibility index (Phi) is 5.85. The third-order valence-corrected chi connectivity index (χ3v) is 2.70. The van der Waals surface area contributed by atoms with E-state index in [0.717, 1.165) is 12.8 Å². The first-order chi connectivity index (χ1) is 9.08. The molecule has 1 amide bonds. The van der Waals surface area contributed by atoms with Gasteiger partial charge in [0, 0.05) is 5.56 Å². The molecule has 1 atom stereocenters. The minimum absolute atomic E-state index is 0.396. The van der Waals surface area contributed by atoms with Crippen LogP contribution in [-0.2, 0) is 9.53 Å². The molecule has 0 aliphatic rings. The Hall–Kier alpha value is -2.04. The second-order valence-corrected chi connectivity index (χ2v) is 4.16. The Balaban J connectivity index is 2.72. The maximum Gasteiger partial charge on any atom is 0.347 e. The first-order valence-corrected chi connectivity index (χ1v) is 6.22. The van der Waals surface area contributed by atoms with Crippen LogP contribution in [0.2, 0.25) is 0 Å². The van der Waals surface area contributed by atoms with Gasteiger partial charge in [-0.2, -0.15) is 0 Å². The fourth-order valence-corrected chi connectivity index (χ4v) is 1.61. The van der Waals surface area contributed by atoms with Crippen LogP contribution in [0, 0.1) is 0 Å². The molecule has 0 aromatic heterocycles. The van der Waals surface area contributed by atoms with Crippen molar-refractivity contribution in [2.45, 2.75) is 32.3 Å². The molecule has 0 radical (unpaired) electrons. The first kappa shape index (κ1) is 15.0. The molecule has 5 nitrogen and oxygen atoms in total. The topological polar surface area (TPSA) is 78.6 Å². The summed E-state index contributed by atoms with van der Waals surface area (Å²) in [6.45, 7) is 2.04. The summed E-state index contributed by atoms with van der Waals surface area (Å²) in [5, 5.41) is 0. The predicted octanol–water partition coefficient (Wildman–Crippen LogP) is 1.90. The van der Waals surface area contributed by atoms with E-state index in [1.165, 1.54) is 7.11 Å². The average Bonchev–Trinajstić information content (AvgIpc) is 2.43. The van der Waals surface area contributed by atoms with E-state index in [0.29, 0.717) is 17.7 Å². The van der Waals surface area contributed by atoms with Gasteiger partial charge < -0.3 is 15.2 Å². The maximum absolute atomic E-state index is 11.6. The van der Waals surface area contributed by atoms with Gasteiger partial charge in [-0.15, -0.1) is 0 Å². The molecule has 1 aromatic carbocycles. The molecule has 0 saturated heterocycles. The molecule has 1 unspecified atom stereocenters. The number of hydrogen-bond acceptors (Lipinski definition) is 4. The van der Waals surface area contributed by atoms with Gasteiger partial charge in [0.15, 0.2) is 6.10 Å². The Morgan fingerprint density at radius 1 is 1.26 bits per heavy atom. The molecule has 5 heteroatoms. The lowest BCUT2D eigenvalue weighted by Crippen LogP contribution is -2.28. The van der Waals surface area contributed by atoms with E-state index in [-0.39, 0.29) is 0 Å². The molecule has 2 N–H and O–H groups in total. The van der Waals surface area contributed by atoms with Gasteiger partial charge in [-0.3, -0.25) is 4.79 Å². The number of hydrogen-bond donors (Lipinski definition) is 1. The Labute approximate surface area is 112 Å². The number of unbranched alkanes of at least 4 members (excludes halogenated alkanes) is 1. The normalized spacial score (nSPS) is 11.7. The zero-order valence-corrected chi connectivity index (χ0v) is 11.2. The largest absolute Gasteiger partial charge is 0.479 e. The quantitative estimate of drug-likeness (QED) is 0.764. The zero-order chi connectivity index (χ0) is 14.3. The number of rotatable bonds is 7. The number of benzene rings is 1. The summed E-state index contributed by atoms with van der Waals surface area (Å²) in [6.07, 6.45) is 1.82. The number of esters is 1. The number of methoxy groups -OCH3 is 1. The van der Waals surface area contributed by atoms with Crippen molar-refractivity contribution >= 4 is 11.9 Å². The number of ether oxygens (including phenoxy) is 2. The van der Waals surface area contributed by atoms with Gasteiger partial charge in [0.05, 0.1) is 7.11 Å². The van der Waals surface area contributed by atoms with Gasteiger partial charge in [0.2, 0.25) is 5.91 Å². The molecule has 0 saturated carbocycles. The van der Waals surface area contributed by atoms with Crippen molar-refractivity contribution in [3.8, 4) is 5.75 Å². The highest BCUT2D eigenvalue weighted by molar-refractivity contribution is 5.92. The SMILES string of the molecule is CCCCC(Oc1ccc(C(N)=O)cc1)C(=O)OC. The monoisotopic (exact) mass is 265 g/mol. The van der Waals surface area contributed by atoms with Crippen LogP contribution in [0.25, 0.3) is 0 Å². The molecule has 0 fully saturated rings. The van der Waals surface area contributed by atoms with E-state index >= 15 is 0 Å². The first-order valence-electron chi connectivity index (χ1n) is 6.22. The Morgan fingerprint density at radius 3 is 2.37 bits per heavy atom. The van der Waals surface area contributed by atoms with Crippen molar-refractivity contribution in [2.24, 2.45) is 5.73 Å². The van der Waals surface area contributed by atoms with Gasteiger partial charge in [0.1, 0.15) is 5.75 Å². The lowest BCUT2D eigenvalue weighted by atomic mass is 10.1. The summed E-state index contributed by atoms with van der Waals surface area (Å²) < 4.78 is 10.3. The number of primary amides is 1. The minimum Gasteiger partial charge on any atom is -0.479 e. The second kappa shape index (κ2) is 7.41. The summed E-state index contributed by atoms with van der Waals surface area (Å²) in [7, 11) is 1.33. The van der Waals surface area contributed by atoms with E-state index in [2.05, 4.69) is 0 Å². The number of amides is 1. The van der Waals surface area contributed by atoms with Gasteiger partial charge in [-0.05, 0) is 37.1 Å². The Bertz CT molecular complexity index is 428. The van der Waals surface area contributed by atoms with Crippen molar-refractivity contribution in [1.82, 2.24) is 0 Å². The number of carbonyl (C=O) groups excluding carboxylic acids is 2.